The number of aromatic hydroxyl groups is 1. The van der Waals surface area contributed by atoms with E-state index in [1.165, 1.54) is 24.3 Å². The number of fused-ring (bicyclic) bond motifs is 2. The van der Waals surface area contributed by atoms with Gasteiger partial charge in [-0.05, 0) is 102 Å². The molecule has 57 heavy (non-hydrogen) atoms. The van der Waals surface area contributed by atoms with Crippen molar-refractivity contribution in [1.82, 2.24) is 15.1 Å². The largest absolute Gasteiger partial charge is 0.508 e. The first-order valence-corrected chi connectivity index (χ1v) is 20.1. The van der Waals surface area contributed by atoms with Gasteiger partial charge < -0.3 is 19.8 Å². The Morgan fingerprint density at radius 3 is 2.16 bits per heavy atom. The van der Waals surface area contributed by atoms with Crippen molar-refractivity contribution in [2.75, 3.05) is 55.6 Å². The summed E-state index contributed by atoms with van der Waals surface area (Å²) in [4.78, 5) is 46.1. The quantitative estimate of drug-likeness (QED) is 0.201. The maximum Gasteiger partial charge on any atom is 0.274 e. The Labute approximate surface area is 330 Å². The van der Waals surface area contributed by atoms with Crippen LogP contribution < -0.4 is 15.1 Å². The molecule has 5 aliphatic rings. The van der Waals surface area contributed by atoms with Gasteiger partial charge in [0.05, 0.1) is 0 Å². The maximum atomic E-state index is 15.6. The minimum Gasteiger partial charge on any atom is -0.508 e. The molecule has 12 heteroatoms. The van der Waals surface area contributed by atoms with Crippen LogP contribution in [0.25, 0.3) is 0 Å². The molecule has 4 aromatic carbocycles. The summed E-state index contributed by atoms with van der Waals surface area (Å²) in [6, 6.07) is 23.7. The van der Waals surface area contributed by atoms with Crippen molar-refractivity contribution in [1.29, 1.82) is 0 Å². The Morgan fingerprint density at radius 2 is 1.44 bits per heavy atom. The molecule has 9 nitrogen and oxygen atoms in total. The van der Waals surface area contributed by atoms with Gasteiger partial charge in [-0.1, -0.05) is 30.3 Å². The van der Waals surface area contributed by atoms with Crippen molar-refractivity contribution in [3.8, 4) is 5.75 Å². The molecule has 0 aromatic heterocycles. The molecule has 4 heterocycles. The third-order valence-corrected chi connectivity index (χ3v) is 12.9. The monoisotopic (exact) mass is 777 g/mol. The highest BCUT2D eigenvalue weighted by Crippen LogP contribution is 2.55. The predicted molar refractivity (Wildman–Crippen MR) is 210 cm³/mol. The normalized spacial score (nSPS) is 24.0. The highest BCUT2D eigenvalue weighted by Gasteiger charge is 2.47. The minimum atomic E-state index is -3.14. The lowest BCUT2D eigenvalue weighted by Crippen LogP contribution is -2.52. The number of phenolic OH excluding ortho intramolecular Hbond substituents is 1. The van der Waals surface area contributed by atoms with E-state index in [-0.39, 0.29) is 35.5 Å². The number of amides is 3. The van der Waals surface area contributed by atoms with Gasteiger partial charge in [0, 0.05) is 99.5 Å². The Morgan fingerprint density at radius 1 is 0.754 bits per heavy atom. The highest BCUT2D eigenvalue weighted by atomic mass is 19.3. The molecule has 0 saturated carbocycles. The molecule has 0 bridgehead atoms. The second kappa shape index (κ2) is 14.9. The summed E-state index contributed by atoms with van der Waals surface area (Å²) in [5, 5.41) is 12.5. The van der Waals surface area contributed by atoms with Crippen LogP contribution in [-0.4, -0.2) is 84.5 Å². The number of anilines is 2. The fourth-order valence-corrected chi connectivity index (χ4v) is 9.86. The summed E-state index contributed by atoms with van der Waals surface area (Å²) in [6.07, 6.45) is 2.30. The summed E-state index contributed by atoms with van der Waals surface area (Å²) in [7, 11) is 0. The van der Waals surface area contributed by atoms with Gasteiger partial charge >= 0.3 is 0 Å². The number of alkyl halides is 2. The number of hydrogen-bond acceptors (Lipinski definition) is 7. The molecule has 1 unspecified atom stereocenters. The maximum absolute atomic E-state index is 15.6. The Balaban J connectivity index is 0.797. The van der Waals surface area contributed by atoms with E-state index in [1.807, 2.05) is 24.3 Å². The van der Waals surface area contributed by atoms with Crippen LogP contribution >= 0.6 is 0 Å². The number of nitrogens with zero attached hydrogens (tertiary/aromatic N) is 4. The van der Waals surface area contributed by atoms with Crippen molar-refractivity contribution in [2.24, 2.45) is 5.92 Å². The minimum absolute atomic E-state index is 0.153. The molecule has 0 spiro atoms. The molecule has 3 amide bonds. The van der Waals surface area contributed by atoms with Crippen LogP contribution in [0.5, 0.6) is 5.75 Å². The van der Waals surface area contributed by atoms with Crippen LogP contribution in [-0.2, 0) is 22.1 Å². The summed E-state index contributed by atoms with van der Waals surface area (Å²) >= 11 is 0. The van der Waals surface area contributed by atoms with Crippen LogP contribution in [0, 0.1) is 11.7 Å². The van der Waals surface area contributed by atoms with E-state index in [1.54, 1.807) is 23.1 Å². The third kappa shape index (κ3) is 7.24. The van der Waals surface area contributed by atoms with E-state index >= 15 is 8.78 Å². The molecule has 2 N–H and O–H groups in total. The molecular weight excluding hydrogens is 732 g/mol. The molecule has 0 radical (unpaired) electrons. The number of phenols is 1. The number of carbonyl (C=O) groups is 3. The lowest BCUT2D eigenvalue weighted by atomic mass is 9.68. The topological polar surface area (TPSA) is 96.4 Å². The van der Waals surface area contributed by atoms with Gasteiger partial charge in [0.15, 0.2) is 0 Å². The van der Waals surface area contributed by atoms with Gasteiger partial charge in [-0.3, -0.25) is 24.6 Å². The van der Waals surface area contributed by atoms with Crippen LogP contribution in [0.2, 0.25) is 0 Å². The van der Waals surface area contributed by atoms with E-state index in [0.717, 1.165) is 81.2 Å². The summed E-state index contributed by atoms with van der Waals surface area (Å²) in [5.41, 5.74) is 5.64. The number of benzene rings is 4. The molecule has 4 aliphatic heterocycles. The van der Waals surface area contributed by atoms with Gasteiger partial charge in [0.2, 0.25) is 11.8 Å². The van der Waals surface area contributed by atoms with Gasteiger partial charge in [0.25, 0.3) is 11.8 Å². The van der Waals surface area contributed by atoms with E-state index < -0.39 is 36.0 Å². The van der Waals surface area contributed by atoms with Crippen molar-refractivity contribution in [2.45, 2.75) is 62.4 Å². The molecule has 3 saturated heterocycles. The van der Waals surface area contributed by atoms with Crippen LogP contribution in [0.15, 0.2) is 84.9 Å². The molecule has 9 rings (SSSR count). The van der Waals surface area contributed by atoms with Crippen molar-refractivity contribution in [3.05, 3.63) is 124 Å². The molecule has 4 aromatic rings. The Hall–Kier alpha value is -5.36. The fraction of sp³-hybridized carbons (Fsp3) is 0.400. The third-order valence-electron chi connectivity index (χ3n) is 12.9. The SMILES string of the molecule is O=C1CCC(N2Cc3cc(N4CCN(CC5CCN(c6ccc([C@@H]7c8ccc(O)cc8C(F)(F)C[C@@H]7c7ccc(F)cc7)cc6)CC5)CC4)ccc3C2=O)C(=O)N1. The first kappa shape index (κ1) is 37.2. The van der Waals surface area contributed by atoms with E-state index in [0.29, 0.717) is 35.6 Å². The number of imide groups is 1. The van der Waals surface area contributed by atoms with Crippen LogP contribution in [0.1, 0.15) is 82.1 Å². The highest BCUT2D eigenvalue weighted by molar-refractivity contribution is 6.05. The first-order valence-electron chi connectivity index (χ1n) is 20.1. The zero-order valence-corrected chi connectivity index (χ0v) is 31.7. The molecule has 3 fully saturated rings. The molecule has 3 atom stereocenters. The fourth-order valence-electron chi connectivity index (χ4n) is 9.86. The Kier molecular flexibility index (Phi) is 9.71. The van der Waals surface area contributed by atoms with E-state index in [4.69, 9.17) is 0 Å². The average Bonchev–Trinajstić information content (AvgIpc) is 3.53. The van der Waals surface area contributed by atoms with Gasteiger partial charge in [-0.25, -0.2) is 13.2 Å². The van der Waals surface area contributed by atoms with Crippen molar-refractivity contribution < 1.29 is 32.7 Å². The van der Waals surface area contributed by atoms with Crippen LogP contribution in [0.3, 0.4) is 0 Å². The standard InChI is InChI=1S/C45H46F3N5O4/c46-32-5-1-29(2-6-32)38-25-45(47,48)39-24-35(54)10-12-37(39)42(38)30-3-7-33(8-4-30)51-17-15-28(16-18-51)26-50-19-21-52(22-20-50)34-9-11-36-31(23-34)27-53(44(36)57)40-13-14-41(55)49-43(40)56/h1-12,23-24,28,38,40,42,54H,13-22,25-27H2,(H,49,55,56)/t38-,40?,42-/m1/s1. The number of hydrogen-bond donors (Lipinski definition) is 2. The Bertz CT molecular complexity index is 2180. The lowest BCUT2D eigenvalue weighted by molar-refractivity contribution is -0.136. The molecular formula is C45H46F3N5O4. The van der Waals surface area contributed by atoms with Crippen molar-refractivity contribution >= 4 is 29.1 Å². The predicted octanol–water partition coefficient (Wildman–Crippen LogP) is 6.74. The van der Waals surface area contributed by atoms with Crippen LogP contribution in [0.4, 0.5) is 24.5 Å². The number of rotatable bonds is 7. The number of piperidine rings is 2. The number of halogens is 3. The lowest BCUT2D eigenvalue weighted by Gasteiger charge is -2.40. The number of carbonyl (C=O) groups excluding carboxylic acids is 3. The molecule has 1 aliphatic carbocycles. The number of nitrogens with one attached hydrogen (secondary N) is 1. The first-order chi connectivity index (χ1) is 27.5. The second-order valence-electron chi connectivity index (χ2n) is 16.4. The molecule has 296 valence electrons. The summed E-state index contributed by atoms with van der Waals surface area (Å²) in [6.45, 7) is 6.98. The summed E-state index contributed by atoms with van der Waals surface area (Å²) in [5.74, 6) is -4.95. The zero-order chi connectivity index (χ0) is 39.4. The summed E-state index contributed by atoms with van der Waals surface area (Å²) < 4.78 is 45.0. The van der Waals surface area contributed by atoms with Gasteiger partial charge in [-0.2, -0.15) is 0 Å². The second-order valence-corrected chi connectivity index (χ2v) is 16.4. The number of piperazine rings is 1. The van der Waals surface area contributed by atoms with Crippen molar-refractivity contribution in [3.63, 3.8) is 0 Å². The van der Waals surface area contributed by atoms with E-state index in [2.05, 4.69) is 38.2 Å². The zero-order valence-electron chi connectivity index (χ0n) is 31.7. The van der Waals surface area contributed by atoms with E-state index in [9.17, 15) is 23.9 Å². The van der Waals surface area contributed by atoms with Gasteiger partial charge in [0.1, 0.15) is 17.6 Å². The average molecular weight is 778 g/mol. The smallest absolute Gasteiger partial charge is 0.274 e. The van der Waals surface area contributed by atoms with Gasteiger partial charge in [-0.15, -0.1) is 0 Å².